The Morgan fingerprint density at radius 3 is 2.90 bits per heavy atom. The predicted octanol–water partition coefficient (Wildman–Crippen LogP) is 3.08. The standard InChI is InChI=1S/C16H21FN2O2/c1-2-3-7-19(8-9-20)12-16-18-11-15(21-16)13-5-4-6-14(17)10-13/h4-6,10-11,20H,2-3,7-9,12H2,1H3. The van der Waals surface area contributed by atoms with Crippen molar-refractivity contribution in [3.8, 4) is 11.3 Å². The lowest BCUT2D eigenvalue weighted by molar-refractivity contribution is 0.177. The zero-order valence-electron chi connectivity index (χ0n) is 12.3. The smallest absolute Gasteiger partial charge is 0.209 e. The van der Waals surface area contributed by atoms with Gasteiger partial charge in [-0.25, -0.2) is 9.37 Å². The van der Waals surface area contributed by atoms with Gasteiger partial charge in [0, 0.05) is 12.1 Å². The monoisotopic (exact) mass is 292 g/mol. The highest BCUT2D eigenvalue weighted by Gasteiger charge is 2.11. The van der Waals surface area contributed by atoms with E-state index in [0.717, 1.165) is 19.4 Å². The normalized spacial score (nSPS) is 11.2. The Hall–Kier alpha value is -1.72. The number of hydrogen-bond acceptors (Lipinski definition) is 4. The van der Waals surface area contributed by atoms with E-state index in [1.54, 1.807) is 18.3 Å². The number of benzene rings is 1. The second kappa shape index (κ2) is 7.90. The summed E-state index contributed by atoms with van der Waals surface area (Å²) < 4.78 is 18.9. The van der Waals surface area contributed by atoms with E-state index in [0.29, 0.717) is 30.3 Å². The maximum absolute atomic E-state index is 13.2. The molecule has 0 spiro atoms. The van der Waals surface area contributed by atoms with Crippen molar-refractivity contribution in [3.05, 3.63) is 42.2 Å². The number of rotatable bonds is 8. The number of nitrogens with zero attached hydrogens (tertiary/aromatic N) is 2. The van der Waals surface area contributed by atoms with Crippen LogP contribution in [0.4, 0.5) is 4.39 Å². The zero-order valence-corrected chi connectivity index (χ0v) is 12.3. The van der Waals surface area contributed by atoms with E-state index in [9.17, 15) is 4.39 Å². The summed E-state index contributed by atoms with van der Waals surface area (Å²) in [6.45, 7) is 4.29. The summed E-state index contributed by atoms with van der Waals surface area (Å²) in [5.74, 6) is 0.845. The Kier molecular flexibility index (Phi) is 5.90. The second-order valence-electron chi connectivity index (χ2n) is 4.98. The van der Waals surface area contributed by atoms with Crippen molar-refractivity contribution in [1.82, 2.24) is 9.88 Å². The topological polar surface area (TPSA) is 49.5 Å². The molecule has 2 aromatic rings. The van der Waals surface area contributed by atoms with Crippen molar-refractivity contribution in [1.29, 1.82) is 0 Å². The van der Waals surface area contributed by atoms with Crippen LogP contribution in [-0.4, -0.2) is 34.7 Å². The minimum absolute atomic E-state index is 0.112. The average Bonchev–Trinajstić information content (AvgIpc) is 2.93. The molecule has 2 rings (SSSR count). The van der Waals surface area contributed by atoms with Crippen LogP contribution in [0.25, 0.3) is 11.3 Å². The van der Waals surface area contributed by atoms with E-state index in [-0.39, 0.29) is 12.4 Å². The molecule has 0 unspecified atom stereocenters. The molecule has 0 saturated heterocycles. The van der Waals surface area contributed by atoms with Crippen LogP contribution in [0.2, 0.25) is 0 Å². The minimum Gasteiger partial charge on any atom is -0.439 e. The summed E-state index contributed by atoms with van der Waals surface area (Å²) in [7, 11) is 0. The molecule has 0 aliphatic rings. The van der Waals surface area contributed by atoms with Crippen molar-refractivity contribution in [2.24, 2.45) is 0 Å². The maximum Gasteiger partial charge on any atom is 0.209 e. The number of hydrogen-bond donors (Lipinski definition) is 1. The molecule has 1 N–H and O–H groups in total. The summed E-state index contributed by atoms with van der Waals surface area (Å²) in [5, 5.41) is 9.09. The van der Waals surface area contributed by atoms with E-state index in [2.05, 4.69) is 16.8 Å². The first-order chi connectivity index (χ1) is 10.2. The SMILES string of the molecule is CCCCN(CCO)Cc1ncc(-c2cccc(F)c2)o1. The fraction of sp³-hybridized carbons (Fsp3) is 0.438. The van der Waals surface area contributed by atoms with E-state index in [1.807, 2.05) is 0 Å². The zero-order chi connectivity index (χ0) is 15.1. The first-order valence-electron chi connectivity index (χ1n) is 7.26. The lowest BCUT2D eigenvalue weighted by Crippen LogP contribution is -2.27. The molecule has 1 heterocycles. The van der Waals surface area contributed by atoms with Gasteiger partial charge in [-0.1, -0.05) is 25.5 Å². The first-order valence-corrected chi connectivity index (χ1v) is 7.26. The van der Waals surface area contributed by atoms with Gasteiger partial charge in [0.15, 0.2) is 5.76 Å². The van der Waals surface area contributed by atoms with Crippen molar-refractivity contribution in [2.75, 3.05) is 19.7 Å². The highest BCUT2D eigenvalue weighted by Crippen LogP contribution is 2.21. The summed E-state index contributed by atoms with van der Waals surface area (Å²) in [5.41, 5.74) is 0.677. The highest BCUT2D eigenvalue weighted by atomic mass is 19.1. The fourth-order valence-electron chi connectivity index (χ4n) is 2.14. The molecule has 114 valence electrons. The number of aliphatic hydroxyl groups is 1. The Morgan fingerprint density at radius 1 is 1.33 bits per heavy atom. The van der Waals surface area contributed by atoms with Crippen molar-refractivity contribution >= 4 is 0 Å². The molecule has 1 aromatic carbocycles. The van der Waals surface area contributed by atoms with E-state index in [4.69, 9.17) is 9.52 Å². The largest absolute Gasteiger partial charge is 0.439 e. The lowest BCUT2D eigenvalue weighted by Gasteiger charge is -2.18. The quantitative estimate of drug-likeness (QED) is 0.812. The van der Waals surface area contributed by atoms with E-state index >= 15 is 0 Å². The van der Waals surface area contributed by atoms with Gasteiger partial charge >= 0.3 is 0 Å². The fourth-order valence-corrected chi connectivity index (χ4v) is 2.14. The highest BCUT2D eigenvalue weighted by molar-refractivity contribution is 5.56. The van der Waals surface area contributed by atoms with Gasteiger partial charge in [-0.05, 0) is 25.1 Å². The van der Waals surface area contributed by atoms with Crippen LogP contribution in [0, 0.1) is 5.82 Å². The molecule has 0 bridgehead atoms. The predicted molar refractivity (Wildman–Crippen MR) is 79.2 cm³/mol. The van der Waals surface area contributed by atoms with Crippen LogP contribution in [-0.2, 0) is 6.54 Å². The van der Waals surface area contributed by atoms with Crippen LogP contribution < -0.4 is 0 Å². The van der Waals surface area contributed by atoms with Gasteiger partial charge in [-0.2, -0.15) is 0 Å². The molecule has 0 aliphatic carbocycles. The molecular formula is C16H21FN2O2. The van der Waals surface area contributed by atoms with E-state index in [1.165, 1.54) is 12.1 Å². The van der Waals surface area contributed by atoms with Gasteiger partial charge in [0.25, 0.3) is 0 Å². The van der Waals surface area contributed by atoms with Gasteiger partial charge in [-0.3, -0.25) is 4.90 Å². The third-order valence-corrected chi connectivity index (χ3v) is 3.27. The summed E-state index contributed by atoms with van der Waals surface area (Å²) in [4.78, 5) is 6.34. The molecule has 21 heavy (non-hydrogen) atoms. The number of aromatic nitrogens is 1. The summed E-state index contributed by atoms with van der Waals surface area (Å²) in [6, 6.07) is 6.25. The number of unbranched alkanes of at least 4 members (excludes halogenated alkanes) is 1. The molecule has 0 saturated carbocycles. The van der Waals surface area contributed by atoms with Crippen molar-refractivity contribution < 1.29 is 13.9 Å². The molecule has 1 aromatic heterocycles. The van der Waals surface area contributed by atoms with Crippen molar-refractivity contribution in [2.45, 2.75) is 26.3 Å². The molecule has 0 aliphatic heterocycles. The Morgan fingerprint density at radius 2 is 2.19 bits per heavy atom. The Balaban J connectivity index is 2.04. The molecular weight excluding hydrogens is 271 g/mol. The van der Waals surface area contributed by atoms with Crippen molar-refractivity contribution in [3.63, 3.8) is 0 Å². The molecule has 0 amide bonds. The van der Waals surface area contributed by atoms with Gasteiger partial charge in [0.05, 0.1) is 19.3 Å². The van der Waals surface area contributed by atoms with Crippen LogP contribution in [0.3, 0.4) is 0 Å². The van der Waals surface area contributed by atoms with Gasteiger partial charge in [0.1, 0.15) is 5.82 Å². The number of oxazole rings is 1. The molecule has 0 radical (unpaired) electrons. The van der Waals surface area contributed by atoms with E-state index < -0.39 is 0 Å². The lowest BCUT2D eigenvalue weighted by atomic mass is 10.2. The molecule has 4 nitrogen and oxygen atoms in total. The maximum atomic E-state index is 13.2. The second-order valence-corrected chi connectivity index (χ2v) is 4.98. The van der Waals surface area contributed by atoms with Crippen LogP contribution >= 0.6 is 0 Å². The summed E-state index contributed by atoms with van der Waals surface area (Å²) in [6.07, 6.45) is 3.78. The Labute approximate surface area is 124 Å². The number of aliphatic hydroxyl groups excluding tert-OH is 1. The average molecular weight is 292 g/mol. The third kappa shape index (κ3) is 4.65. The van der Waals surface area contributed by atoms with Crippen LogP contribution in [0.1, 0.15) is 25.7 Å². The molecule has 5 heteroatoms. The number of halogens is 1. The molecule has 0 fully saturated rings. The van der Waals surface area contributed by atoms with Gasteiger partial charge in [0.2, 0.25) is 5.89 Å². The van der Waals surface area contributed by atoms with Crippen LogP contribution in [0.5, 0.6) is 0 Å². The first kappa shape index (κ1) is 15.7. The summed E-state index contributed by atoms with van der Waals surface area (Å²) >= 11 is 0. The van der Waals surface area contributed by atoms with Gasteiger partial charge < -0.3 is 9.52 Å². The van der Waals surface area contributed by atoms with Gasteiger partial charge in [-0.15, -0.1) is 0 Å². The third-order valence-electron chi connectivity index (χ3n) is 3.27. The van der Waals surface area contributed by atoms with Crippen LogP contribution in [0.15, 0.2) is 34.9 Å². The molecule has 0 atom stereocenters. The minimum atomic E-state index is -0.296. The Bertz CT molecular complexity index is 557.